The van der Waals surface area contributed by atoms with Gasteiger partial charge in [0.05, 0.1) is 33.9 Å². The molecule has 0 saturated heterocycles. The molecule has 0 N–H and O–H groups in total. The second-order valence-electron chi connectivity index (χ2n) is 11.5. The highest BCUT2D eigenvalue weighted by Gasteiger charge is 2.30. The Kier molecular flexibility index (Phi) is 7.97. The van der Waals surface area contributed by atoms with Crippen LogP contribution in [0.2, 0.25) is 5.15 Å². The average molecular weight is 621 g/mol. The number of nitrogens with zero attached hydrogens (tertiary/aromatic N) is 4. The molecule has 0 aliphatic rings. The van der Waals surface area contributed by atoms with Gasteiger partial charge in [-0.2, -0.15) is 18.2 Å². The van der Waals surface area contributed by atoms with Gasteiger partial charge in [0.15, 0.2) is 0 Å². The SMILES string of the molecule is Cc1ccccc1-c1cc(-c2ccc(F)nc2F)nc(C(C)(C)c2cc(-c3ccccc3C)cc(-c3ccc(Cl)nc3F)n2)c1. The van der Waals surface area contributed by atoms with Gasteiger partial charge in [0.25, 0.3) is 0 Å². The van der Waals surface area contributed by atoms with Crippen LogP contribution >= 0.6 is 11.6 Å². The highest BCUT2D eigenvalue weighted by Crippen LogP contribution is 2.39. The van der Waals surface area contributed by atoms with E-state index in [1.165, 1.54) is 12.1 Å². The summed E-state index contributed by atoms with van der Waals surface area (Å²) < 4.78 is 44.0. The van der Waals surface area contributed by atoms with Crippen LogP contribution in [-0.2, 0) is 5.41 Å². The van der Waals surface area contributed by atoms with Crippen molar-refractivity contribution in [3.05, 3.63) is 143 Å². The molecule has 0 radical (unpaired) electrons. The molecule has 0 fully saturated rings. The van der Waals surface area contributed by atoms with Crippen molar-refractivity contribution in [2.75, 3.05) is 0 Å². The van der Waals surface area contributed by atoms with Gasteiger partial charge in [0.1, 0.15) is 5.15 Å². The van der Waals surface area contributed by atoms with Gasteiger partial charge >= 0.3 is 0 Å². The Morgan fingerprint density at radius 3 is 1.47 bits per heavy atom. The molecular formula is C37H28ClF3N4. The molecule has 0 aliphatic heterocycles. The number of hydrogen-bond donors (Lipinski definition) is 0. The van der Waals surface area contributed by atoms with Gasteiger partial charge in [0.2, 0.25) is 17.8 Å². The summed E-state index contributed by atoms with van der Waals surface area (Å²) in [5.41, 5.74) is 6.84. The molecule has 0 bridgehead atoms. The van der Waals surface area contributed by atoms with Crippen molar-refractivity contribution >= 4 is 11.6 Å². The van der Waals surface area contributed by atoms with Crippen molar-refractivity contribution in [3.63, 3.8) is 0 Å². The second-order valence-corrected chi connectivity index (χ2v) is 11.8. The third-order valence-corrected chi connectivity index (χ3v) is 8.24. The van der Waals surface area contributed by atoms with Crippen molar-refractivity contribution in [2.24, 2.45) is 0 Å². The zero-order valence-corrected chi connectivity index (χ0v) is 25.8. The average Bonchev–Trinajstić information content (AvgIpc) is 3.01. The summed E-state index contributed by atoms with van der Waals surface area (Å²) in [6, 6.07) is 28.8. The molecule has 0 amide bonds. The predicted octanol–water partition coefficient (Wildman–Crippen LogP) is 9.95. The number of pyridine rings is 4. The number of benzene rings is 2. The Balaban J connectivity index is 1.60. The minimum Gasteiger partial charge on any atom is -0.252 e. The van der Waals surface area contributed by atoms with Gasteiger partial charge in [-0.1, -0.05) is 60.1 Å². The highest BCUT2D eigenvalue weighted by molar-refractivity contribution is 6.29. The van der Waals surface area contributed by atoms with Crippen molar-refractivity contribution < 1.29 is 13.2 Å². The van der Waals surface area contributed by atoms with Gasteiger partial charge in [-0.25, -0.2) is 4.98 Å². The summed E-state index contributed by atoms with van der Waals surface area (Å²) in [4.78, 5) is 17.1. The third-order valence-electron chi connectivity index (χ3n) is 8.02. The molecule has 0 aliphatic carbocycles. The Morgan fingerprint density at radius 2 is 1.00 bits per heavy atom. The lowest BCUT2D eigenvalue weighted by Crippen LogP contribution is -2.23. The summed E-state index contributed by atoms with van der Waals surface area (Å²) in [7, 11) is 0. The molecule has 6 rings (SSSR count). The van der Waals surface area contributed by atoms with Crippen molar-refractivity contribution in [2.45, 2.75) is 33.1 Å². The summed E-state index contributed by atoms with van der Waals surface area (Å²) in [6.07, 6.45) is 0. The molecule has 2 aromatic carbocycles. The topological polar surface area (TPSA) is 51.6 Å². The second kappa shape index (κ2) is 11.9. The van der Waals surface area contributed by atoms with Crippen LogP contribution in [0.4, 0.5) is 13.2 Å². The first-order valence-corrected chi connectivity index (χ1v) is 14.7. The van der Waals surface area contributed by atoms with Gasteiger partial charge < -0.3 is 0 Å². The first kappa shape index (κ1) is 30.2. The van der Waals surface area contributed by atoms with Gasteiger partial charge in [-0.3, -0.25) is 9.97 Å². The standard InChI is InChI=1S/C37H28ClF3N4/c1-21-9-5-7-11-25(21)23-17-29(27-13-15-33(38)44-35(27)40)42-31(19-23)37(3,4)32-20-24(26-12-8-6-10-22(26)2)18-30(43-32)28-14-16-34(39)45-36(28)41/h5-20H,1-4H3. The molecule has 0 atom stereocenters. The van der Waals surface area contributed by atoms with Gasteiger partial charge in [-0.05, 0) is 110 Å². The van der Waals surface area contributed by atoms with E-state index in [1.807, 2.05) is 94.4 Å². The smallest absolute Gasteiger partial charge is 0.224 e. The largest absolute Gasteiger partial charge is 0.252 e. The Labute approximate surface area is 264 Å². The van der Waals surface area contributed by atoms with Crippen LogP contribution in [0.1, 0.15) is 36.4 Å². The first-order valence-electron chi connectivity index (χ1n) is 14.3. The van der Waals surface area contributed by atoms with Crippen molar-refractivity contribution in [1.82, 2.24) is 19.9 Å². The van der Waals surface area contributed by atoms with Crippen LogP contribution in [-0.4, -0.2) is 19.9 Å². The number of aryl methyl sites for hydroxylation is 2. The zero-order chi connectivity index (χ0) is 31.9. The third kappa shape index (κ3) is 5.96. The van der Waals surface area contributed by atoms with Crippen LogP contribution in [0.15, 0.2) is 97.1 Å². The summed E-state index contributed by atoms with van der Waals surface area (Å²) in [5.74, 6) is -2.61. The minimum absolute atomic E-state index is 0.0409. The molecular weight excluding hydrogens is 593 g/mol. The Hall–Kier alpha value is -4.88. The maximum absolute atomic E-state index is 15.2. The van der Waals surface area contributed by atoms with E-state index in [0.29, 0.717) is 22.8 Å². The zero-order valence-electron chi connectivity index (χ0n) is 25.0. The molecule has 224 valence electrons. The molecule has 0 spiro atoms. The van der Waals surface area contributed by atoms with E-state index >= 15 is 8.78 Å². The van der Waals surface area contributed by atoms with Crippen LogP contribution in [0, 0.1) is 31.7 Å². The van der Waals surface area contributed by atoms with Crippen LogP contribution in [0.25, 0.3) is 44.8 Å². The Bertz CT molecular complexity index is 1930. The number of rotatable bonds is 6. The molecule has 4 nitrogen and oxygen atoms in total. The first-order chi connectivity index (χ1) is 21.5. The van der Waals surface area contributed by atoms with E-state index in [9.17, 15) is 4.39 Å². The van der Waals surface area contributed by atoms with E-state index in [1.54, 1.807) is 12.1 Å². The number of halogens is 4. The molecule has 8 heteroatoms. The van der Waals surface area contributed by atoms with Gasteiger partial charge in [-0.15, -0.1) is 0 Å². The molecule has 4 aromatic heterocycles. The summed E-state index contributed by atoms with van der Waals surface area (Å²) in [5, 5.41) is 0.0409. The molecule has 0 unspecified atom stereocenters. The quantitative estimate of drug-likeness (QED) is 0.174. The molecule has 6 aromatic rings. The minimum atomic E-state index is -0.958. The maximum Gasteiger partial charge on any atom is 0.224 e. The van der Waals surface area contributed by atoms with Crippen LogP contribution < -0.4 is 0 Å². The van der Waals surface area contributed by atoms with E-state index in [2.05, 4.69) is 9.97 Å². The molecule has 0 saturated carbocycles. The molecule has 45 heavy (non-hydrogen) atoms. The fraction of sp³-hybridized carbons (Fsp3) is 0.135. The number of aromatic nitrogens is 4. The van der Waals surface area contributed by atoms with Gasteiger partial charge in [0, 0.05) is 5.41 Å². The predicted molar refractivity (Wildman–Crippen MR) is 172 cm³/mol. The van der Waals surface area contributed by atoms with Crippen molar-refractivity contribution in [1.29, 1.82) is 0 Å². The summed E-state index contributed by atoms with van der Waals surface area (Å²) >= 11 is 5.97. The van der Waals surface area contributed by atoms with Crippen LogP contribution in [0.3, 0.4) is 0 Å². The molecule has 4 heterocycles. The fourth-order valence-corrected chi connectivity index (χ4v) is 5.56. The summed E-state index contributed by atoms with van der Waals surface area (Å²) in [6.45, 7) is 7.93. The lowest BCUT2D eigenvalue weighted by molar-refractivity contribution is 0.514. The van der Waals surface area contributed by atoms with E-state index in [-0.39, 0.29) is 16.3 Å². The lowest BCUT2D eigenvalue weighted by Gasteiger charge is -2.27. The van der Waals surface area contributed by atoms with E-state index < -0.39 is 23.3 Å². The normalized spacial score (nSPS) is 11.6. The monoisotopic (exact) mass is 620 g/mol. The number of hydrogen-bond acceptors (Lipinski definition) is 4. The van der Waals surface area contributed by atoms with Crippen LogP contribution in [0.5, 0.6) is 0 Å². The lowest BCUT2D eigenvalue weighted by atomic mass is 9.81. The van der Waals surface area contributed by atoms with Crippen molar-refractivity contribution in [3.8, 4) is 44.8 Å². The highest BCUT2D eigenvalue weighted by atomic mass is 35.5. The van der Waals surface area contributed by atoms with E-state index in [0.717, 1.165) is 39.4 Å². The Morgan fingerprint density at radius 1 is 0.533 bits per heavy atom. The fourth-order valence-electron chi connectivity index (χ4n) is 5.42. The van der Waals surface area contributed by atoms with E-state index in [4.69, 9.17) is 21.6 Å². The maximum atomic E-state index is 15.2.